The maximum absolute atomic E-state index is 13.2. The van der Waals surface area contributed by atoms with E-state index < -0.39 is 17.7 Å². The number of amides is 1. The molecule has 1 fully saturated rings. The molecule has 1 N–H and O–H groups in total. The summed E-state index contributed by atoms with van der Waals surface area (Å²) in [5.41, 5.74) is 1.79. The Morgan fingerprint density at radius 1 is 1.06 bits per heavy atom. The van der Waals surface area contributed by atoms with Crippen LogP contribution in [0, 0.1) is 0 Å². The Hall–Kier alpha value is -4.13. The summed E-state index contributed by atoms with van der Waals surface area (Å²) in [6.45, 7) is 3.99. The number of Topliss-reactive ketones (excluding diaryl/α,β-unsaturated/α-hetero) is 1. The average Bonchev–Trinajstić information content (AvgIpc) is 3.09. The van der Waals surface area contributed by atoms with Crippen LogP contribution in [0.15, 0.2) is 78.6 Å². The highest BCUT2D eigenvalue weighted by atomic mass is 16.5. The van der Waals surface area contributed by atoms with Gasteiger partial charge in [0, 0.05) is 30.1 Å². The number of hydrogen-bond acceptors (Lipinski definition) is 6. The number of benzene rings is 2. The molecular weight excluding hydrogens is 432 g/mol. The summed E-state index contributed by atoms with van der Waals surface area (Å²) in [6.07, 6.45) is 3.29. The lowest BCUT2D eigenvalue weighted by Crippen LogP contribution is -2.29. The first-order valence-corrected chi connectivity index (χ1v) is 11.0. The molecule has 1 atom stereocenters. The van der Waals surface area contributed by atoms with Crippen LogP contribution in [0.4, 0.5) is 0 Å². The third-order valence-electron chi connectivity index (χ3n) is 5.55. The molecule has 0 aliphatic carbocycles. The van der Waals surface area contributed by atoms with Crippen molar-refractivity contribution in [1.82, 2.24) is 9.88 Å². The van der Waals surface area contributed by atoms with Crippen LogP contribution in [0.3, 0.4) is 0 Å². The van der Waals surface area contributed by atoms with Crippen molar-refractivity contribution in [3.63, 3.8) is 0 Å². The first-order chi connectivity index (χ1) is 16.4. The van der Waals surface area contributed by atoms with Gasteiger partial charge in [-0.15, -0.1) is 0 Å². The van der Waals surface area contributed by atoms with E-state index >= 15 is 0 Å². The summed E-state index contributed by atoms with van der Waals surface area (Å²) in [5.74, 6) is -0.540. The third-order valence-corrected chi connectivity index (χ3v) is 5.55. The lowest BCUT2D eigenvalue weighted by molar-refractivity contribution is -0.140. The van der Waals surface area contributed by atoms with Gasteiger partial charge in [-0.05, 0) is 55.8 Å². The summed E-state index contributed by atoms with van der Waals surface area (Å²) >= 11 is 0. The lowest BCUT2D eigenvalue weighted by atomic mass is 9.94. The van der Waals surface area contributed by atoms with Crippen molar-refractivity contribution in [3.05, 3.63) is 95.3 Å². The molecule has 34 heavy (non-hydrogen) atoms. The average molecular weight is 459 g/mol. The maximum Gasteiger partial charge on any atom is 0.295 e. The van der Waals surface area contributed by atoms with Gasteiger partial charge in [-0.2, -0.15) is 0 Å². The molecule has 1 amide bonds. The number of carbonyl (C=O) groups excluding carboxylic acids is 2. The van der Waals surface area contributed by atoms with Crippen molar-refractivity contribution in [2.45, 2.75) is 32.5 Å². The van der Waals surface area contributed by atoms with Gasteiger partial charge < -0.3 is 19.5 Å². The van der Waals surface area contributed by atoms with E-state index in [1.54, 1.807) is 60.9 Å². The fourth-order valence-corrected chi connectivity index (χ4v) is 4.07. The summed E-state index contributed by atoms with van der Waals surface area (Å²) < 4.78 is 11.2. The van der Waals surface area contributed by atoms with Crippen LogP contribution in [0.2, 0.25) is 0 Å². The van der Waals surface area contributed by atoms with Crippen LogP contribution in [-0.2, 0) is 16.1 Å². The van der Waals surface area contributed by atoms with Crippen LogP contribution in [0.1, 0.15) is 36.6 Å². The lowest BCUT2D eigenvalue weighted by Gasteiger charge is -2.26. The summed E-state index contributed by atoms with van der Waals surface area (Å²) in [7, 11) is 1.53. The number of aromatic nitrogens is 1. The quantitative estimate of drug-likeness (QED) is 0.319. The Morgan fingerprint density at radius 2 is 1.79 bits per heavy atom. The van der Waals surface area contributed by atoms with Crippen molar-refractivity contribution in [2.75, 3.05) is 7.11 Å². The van der Waals surface area contributed by atoms with E-state index in [4.69, 9.17) is 9.47 Å². The monoisotopic (exact) mass is 458 g/mol. The van der Waals surface area contributed by atoms with Crippen molar-refractivity contribution in [1.29, 1.82) is 0 Å². The molecule has 0 saturated carbocycles. The summed E-state index contributed by atoms with van der Waals surface area (Å²) in [5, 5.41) is 11.2. The van der Waals surface area contributed by atoms with Crippen molar-refractivity contribution in [3.8, 4) is 11.5 Å². The molecule has 4 rings (SSSR count). The van der Waals surface area contributed by atoms with E-state index in [2.05, 4.69) is 4.98 Å². The minimum absolute atomic E-state index is 0.00259. The molecule has 0 unspecified atom stereocenters. The number of ether oxygens (including phenoxy) is 2. The smallest absolute Gasteiger partial charge is 0.295 e. The molecule has 1 aromatic heterocycles. The predicted molar refractivity (Wildman–Crippen MR) is 127 cm³/mol. The van der Waals surface area contributed by atoms with E-state index in [1.165, 1.54) is 12.0 Å². The van der Waals surface area contributed by atoms with Crippen molar-refractivity contribution >= 4 is 17.4 Å². The molecule has 0 bridgehead atoms. The van der Waals surface area contributed by atoms with Gasteiger partial charge in [0.15, 0.2) is 0 Å². The number of pyridine rings is 1. The highest BCUT2D eigenvalue weighted by molar-refractivity contribution is 6.46. The zero-order valence-corrected chi connectivity index (χ0v) is 19.3. The molecule has 1 aliphatic rings. The van der Waals surface area contributed by atoms with Crippen LogP contribution in [-0.4, -0.2) is 39.9 Å². The van der Waals surface area contributed by atoms with Gasteiger partial charge in [-0.3, -0.25) is 14.6 Å². The number of carbonyl (C=O) groups is 2. The number of rotatable bonds is 7. The first-order valence-electron chi connectivity index (χ1n) is 11.0. The SMILES string of the molecule is COc1ccccc1[C@@H]1C(=C(O)c2ccc(OC(C)C)cc2)C(=O)C(=O)N1Cc1cccnc1. The minimum Gasteiger partial charge on any atom is -0.507 e. The molecule has 174 valence electrons. The summed E-state index contributed by atoms with van der Waals surface area (Å²) in [6, 6.07) is 16.7. The van der Waals surface area contributed by atoms with Crippen LogP contribution in [0.25, 0.3) is 5.76 Å². The van der Waals surface area contributed by atoms with E-state index in [9.17, 15) is 14.7 Å². The Balaban J connectivity index is 1.83. The molecular formula is C27H26N2O5. The molecule has 2 heterocycles. The first kappa shape index (κ1) is 23.0. The van der Waals surface area contributed by atoms with Crippen LogP contribution < -0.4 is 9.47 Å². The van der Waals surface area contributed by atoms with E-state index in [0.29, 0.717) is 22.6 Å². The Morgan fingerprint density at radius 3 is 2.44 bits per heavy atom. The number of aliphatic hydroxyl groups excluding tert-OH is 1. The number of nitrogens with zero attached hydrogens (tertiary/aromatic N) is 2. The molecule has 3 aromatic rings. The van der Waals surface area contributed by atoms with Gasteiger partial charge >= 0.3 is 0 Å². The van der Waals surface area contributed by atoms with E-state index in [-0.39, 0.29) is 24.0 Å². The van der Waals surface area contributed by atoms with Crippen LogP contribution >= 0.6 is 0 Å². The van der Waals surface area contributed by atoms with E-state index in [1.807, 2.05) is 26.0 Å². The molecule has 1 saturated heterocycles. The van der Waals surface area contributed by atoms with Gasteiger partial charge in [0.05, 0.1) is 24.8 Å². The largest absolute Gasteiger partial charge is 0.507 e. The standard InChI is InChI=1S/C27H26N2O5/c1-17(2)34-20-12-10-19(11-13-20)25(30)23-24(21-8-4-5-9-22(21)33-3)29(27(32)26(23)31)16-18-7-6-14-28-15-18/h4-15,17,24,30H,16H2,1-3H3/t24-/m1/s1. The Labute approximate surface area is 198 Å². The Bertz CT molecular complexity index is 1220. The minimum atomic E-state index is -0.831. The topological polar surface area (TPSA) is 89.0 Å². The zero-order valence-electron chi connectivity index (χ0n) is 19.3. The highest BCUT2D eigenvalue weighted by Crippen LogP contribution is 2.43. The second kappa shape index (κ2) is 9.79. The molecule has 1 aliphatic heterocycles. The fraction of sp³-hybridized carbons (Fsp3) is 0.222. The molecule has 0 spiro atoms. The second-order valence-corrected chi connectivity index (χ2v) is 8.22. The van der Waals surface area contributed by atoms with Gasteiger partial charge in [-0.25, -0.2) is 0 Å². The highest BCUT2D eigenvalue weighted by Gasteiger charge is 2.47. The predicted octanol–water partition coefficient (Wildman–Crippen LogP) is 4.50. The fourth-order valence-electron chi connectivity index (χ4n) is 4.07. The molecule has 7 heteroatoms. The number of ketones is 1. The second-order valence-electron chi connectivity index (χ2n) is 8.22. The normalized spacial score (nSPS) is 17.3. The third kappa shape index (κ3) is 4.50. The molecule has 2 aromatic carbocycles. The molecule has 7 nitrogen and oxygen atoms in total. The number of methoxy groups -OCH3 is 1. The van der Waals surface area contributed by atoms with Crippen molar-refractivity contribution < 1.29 is 24.2 Å². The Kier molecular flexibility index (Phi) is 6.63. The van der Waals surface area contributed by atoms with Gasteiger partial charge in [0.25, 0.3) is 11.7 Å². The van der Waals surface area contributed by atoms with Gasteiger partial charge in [0.1, 0.15) is 17.3 Å². The number of likely N-dealkylation sites (tertiary alicyclic amines) is 1. The molecule has 0 radical (unpaired) electrons. The number of hydrogen-bond donors (Lipinski definition) is 1. The van der Waals surface area contributed by atoms with Gasteiger partial charge in [-0.1, -0.05) is 24.3 Å². The summed E-state index contributed by atoms with van der Waals surface area (Å²) in [4.78, 5) is 31.9. The van der Waals surface area contributed by atoms with E-state index in [0.717, 1.165) is 5.56 Å². The zero-order chi connectivity index (χ0) is 24.2. The number of aliphatic hydroxyl groups is 1. The van der Waals surface area contributed by atoms with Gasteiger partial charge in [0.2, 0.25) is 0 Å². The maximum atomic E-state index is 13.2. The van der Waals surface area contributed by atoms with Crippen molar-refractivity contribution in [2.24, 2.45) is 0 Å². The number of para-hydroxylation sites is 1. The van der Waals surface area contributed by atoms with Crippen LogP contribution in [0.5, 0.6) is 11.5 Å².